The summed E-state index contributed by atoms with van der Waals surface area (Å²) in [7, 11) is 0. The zero-order valence-electron chi connectivity index (χ0n) is 43.0. The molecule has 0 aromatic heterocycles. The topological polar surface area (TPSA) is 72.8 Å². The Kier molecular flexibility index (Phi) is 52.6. The van der Waals surface area contributed by atoms with Gasteiger partial charge in [0.05, 0.1) is 6.61 Å². The van der Waals surface area contributed by atoms with Crippen molar-refractivity contribution < 1.29 is 24.2 Å². The molecule has 1 unspecified atom stereocenters. The molecular weight excluding hydrogens is 837 g/mol. The standard InChI is InChI=1S/C63H96O5/c1-3-5-7-9-11-13-15-17-19-21-23-25-26-27-28-29-30-31-32-33-34-35-36-38-40-42-44-46-48-50-52-54-56-58-63(66)68-61(59-64)60-67-62(65)57-55-53-51-49-47-45-43-41-39-37-24-22-20-18-16-14-12-10-8-6-4-2/h5-8,11-14,17-20,23-25,27-28,30-31,33-34,36-38,42,44,48,50,61,64H,3-4,9-10,15-16,21-22,26,29,32,35,39-41,43,45-47,49,51-60H2,1-2H3/b7-5-,8-6-,13-11-,14-12-,19-17-,20-18-,25-23-,28-27-,31-30-,34-33-,37-24-,38-36-,44-42-,50-48-. The summed E-state index contributed by atoms with van der Waals surface area (Å²) < 4.78 is 10.6. The summed E-state index contributed by atoms with van der Waals surface area (Å²) in [6.07, 6.45) is 88.7. The third-order valence-corrected chi connectivity index (χ3v) is 10.5. The molecule has 0 aliphatic rings. The van der Waals surface area contributed by atoms with Gasteiger partial charge in [-0.2, -0.15) is 0 Å². The number of carbonyl (C=O) groups excluding carboxylic acids is 2. The maximum Gasteiger partial charge on any atom is 0.306 e. The van der Waals surface area contributed by atoms with Crippen molar-refractivity contribution >= 4 is 11.9 Å². The van der Waals surface area contributed by atoms with E-state index in [1.54, 1.807) is 0 Å². The highest BCUT2D eigenvalue weighted by molar-refractivity contribution is 5.70. The average molecular weight is 933 g/mol. The summed E-state index contributed by atoms with van der Waals surface area (Å²) in [5.74, 6) is -0.667. The van der Waals surface area contributed by atoms with Crippen molar-refractivity contribution in [1.29, 1.82) is 0 Å². The molecule has 68 heavy (non-hydrogen) atoms. The van der Waals surface area contributed by atoms with Crippen molar-refractivity contribution in [2.24, 2.45) is 0 Å². The van der Waals surface area contributed by atoms with Crippen LogP contribution in [0.2, 0.25) is 0 Å². The second kappa shape index (κ2) is 56.6. The normalized spacial score (nSPS) is 13.6. The van der Waals surface area contributed by atoms with Crippen LogP contribution >= 0.6 is 0 Å². The molecule has 1 N–H and O–H groups in total. The van der Waals surface area contributed by atoms with Crippen LogP contribution in [0.5, 0.6) is 0 Å². The van der Waals surface area contributed by atoms with Crippen LogP contribution in [0, 0.1) is 0 Å². The Balaban J connectivity index is 3.71. The Morgan fingerprint density at radius 2 is 0.588 bits per heavy atom. The molecule has 0 aromatic rings. The largest absolute Gasteiger partial charge is 0.462 e. The number of hydrogen-bond donors (Lipinski definition) is 1. The van der Waals surface area contributed by atoms with Crippen molar-refractivity contribution in [2.75, 3.05) is 13.2 Å². The van der Waals surface area contributed by atoms with E-state index in [4.69, 9.17) is 9.47 Å². The molecule has 0 amide bonds. The number of esters is 2. The quantitative estimate of drug-likeness (QED) is 0.0374. The van der Waals surface area contributed by atoms with E-state index >= 15 is 0 Å². The van der Waals surface area contributed by atoms with Crippen molar-refractivity contribution in [2.45, 2.75) is 200 Å². The first-order valence-corrected chi connectivity index (χ1v) is 26.7. The smallest absolute Gasteiger partial charge is 0.306 e. The summed E-state index contributed by atoms with van der Waals surface area (Å²) in [4.78, 5) is 24.5. The Morgan fingerprint density at radius 3 is 0.912 bits per heavy atom. The molecule has 0 saturated heterocycles. The van der Waals surface area contributed by atoms with Gasteiger partial charge in [0.15, 0.2) is 6.10 Å². The highest BCUT2D eigenvalue weighted by Crippen LogP contribution is 2.12. The number of allylic oxidation sites excluding steroid dienone is 28. The highest BCUT2D eigenvalue weighted by atomic mass is 16.6. The highest BCUT2D eigenvalue weighted by Gasteiger charge is 2.16. The van der Waals surface area contributed by atoms with E-state index in [1.165, 1.54) is 32.1 Å². The van der Waals surface area contributed by atoms with Gasteiger partial charge in [0, 0.05) is 12.8 Å². The number of hydrogen-bond acceptors (Lipinski definition) is 5. The van der Waals surface area contributed by atoms with Crippen LogP contribution in [-0.2, 0) is 19.1 Å². The van der Waals surface area contributed by atoms with Gasteiger partial charge in [-0.3, -0.25) is 9.59 Å². The molecule has 378 valence electrons. The lowest BCUT2D eigenvalue weighted by atomic mass is 10.1. The molecule has 5 heteroatoms. The molecule has 0 aliphatic carbocycles. The molecule has 0 aromatic carbocycles. The van der Waals surface area contributed by atoms with Crippen LogP contribution in [0.25, 0.3) is 0 Å². The minimum atomic E-state index is -0.814. The molecule has 0 bridgehead atoms. The first-order valence-electron chi connectivity index (χ1n) is 26.7. The molecule has 0 rings (SSSR count). The molecule has 0 radical (unpaired) electrons. The minimum Gasteiger partial charge on any atom is -0.462 e. The van der Waals surface area contributed by atoms with Crippen LogP contribution in [0.3, 0.4) is 0 Å². The summed E-state index contributed by atoms with van der Waals surface area (Å²) in [5, 5.41) is 9.63. The Hall–Kier alpha value is -4.74. The van der Waals surface area contributed by atoms with Crippen molar-refractivity contribution in [3.8, 4) is 0 Å². The SMILES string of the molecule is CC/C=C\C/C=C\C/C=C\C/C=C\C/C=C\C/C=C\C/C=C\C/C=C\C/C=C\C/C=C\CCCCC(=O)OC(CO)COC(=O)CCCCCCCCCC/C=C\C/C=C\C/C=C\C/C=C\CC. The van der Waals surface area contributed by atoms with E-state index in [1.807, 2.05) is 0 Å². The lowest BCUT2D eigenvalue weighted by Gasteiger charge is -2.15. The van der Waals surface area contributed by atoms with Crippen LogP contribution in [0.15, 0.2) is 170 Å². The maximum absolute atomic E-state index is 12.3. The number of aliphatic hydroxyl groups excluding tert-OH is 1. The van der Waals surface area contributed by atoms with E-state index < -0.39 is 6.10 Å². The van der Waals surface area contributed by atoms with Gasteiger partial charge in [0.1, 0.15) is 6.61 Å². The van der Waals surface area contributed by atoms with Crippen LogP contribution in [0.1, 0.15) is 194 Å². The number of ether oxygens (including phenoxy) is 2. The molecule has 0 saturated carbocycles. The van der Waals surface area contributed by atoms with E-state index in [9.17, 15) is 14.7 Å². The first-order chi connectivity index (χ1) is 33.6. The summed E-state index contributed by atoms with van der Waals surface area (Å²) in [6, 6.07) is 0. The molecule has 0 aliphatic heterocycles. The zero-order chi connectivity index (χ0) is 49.2. The number of aliphatic hydroxyl groups is 1. The fourth-order valence-corrected chi connectivity index (χ4v) is 6.57. The van der Waals surface area contributed by atoms with Crippen molar-refractivity contribution in [1.82, 2.24) is 0 Å². The monoisotopic (exact) mass is 933 g/mol. The van der Waals surface area contributed by atoms with E-state index in [0.29, 0.717) is 12.8 Å². The van der Waals surface area contributed by atoms with Crippen LogP contribution < -0.4 is 0 Å². The van der Waals surface area contributed by atoms with Crippen LogP contribution in [-0.4, -0.2) is 36.4 Å². The molecular formula is C63H96O5. The lowest BCUT2D eigenvalue weighted by molar-refractivity contribution is -0.161. The van der Waals surface area contributed by atoms with Gasteiger partial charge in [-0.25, -0.2) is 0 Å². The maximum atomic E-state index is 12.3. The van der Waals surface area contributed by atoms with Gasteiger partial charge in [-0.05, 0) is 128 Å². The molecule has 0 heterocycles. The molecule has 5 nitrogen and oxygen atoms in total. The first kappa shape index (κ1) is 63.3. The summed E-state index contributed by atoms with van der Waals surface area (Å²) >= 11 is 0. The fourth-order valence-electron chi connectivity index (χ4n) is 6.57. The van der Waals surface area contributed by atoms with Crippen molar-refractivity contribution in [3.63, 3.8) is 0 Å². The predicted molar refractivity (Wildman–Crippen MR) is 297 cm³/mol. The third kappa shape index (κ3) is 53.9. The minimum absolute atomic E-state index is 0.100. The van der Waals surface area contributed by atoms with E-state index in [-0.39, 0.29) is 31.6 Å². The number of unbranched alkanes of at least 4 members (excludes halogenated alkanes) is 10. The molecule has 0 spiro atoms. The number of rotatable bonds is 46. The number of carbonyl (C=O) groups is 2. The average Bonchev–Trinajstić information content (AvgIpc) is 3.34. The van der Waals surface area contributed by atoms with Crippen molar-refractivity contribution in [3.05, 3.63) is 170 Å². The second-order valence-corrected chi connectivity index (χ2v) is 16.8. The van der Waals surface area contributed by atoms with E-state index in [0.717, 1.165) is 128 Å². The summed E-state index contributed by atoms with van der Waals surface area (Å²) in [6.45, 7) is 3.85. The van der Waals surface area contributed by atoms with Gasteiger partial charge in [-0.15, -0.1) is 0 Å². The van der Waals surface area contributed by atoms with Gasteiger partial charge >= 0.3 is 11.9 Å². The summed E-state index contributed by atoms with van der Waals surface area (Å²) in [5.41, 5.74) is 0. The predicted octanol–water partition coefficient (Wildman–Crippen LogP) is 18.2. The Bertz CT molecular complexity index is 1570. The van der Waals surface area contributed by atoms with Gasteiger partial charge in [-0.1, -0.05) is 223 Å². The molecule has 1 atom stereocenters. The Labute approximate surface area is 417 Å². The lowest BCUT2D eigenvalue weighted by Crippen LogP contribution is -2.28. The van der Waals surface area contributed by atoms with Gasteiger partial charge < -0.3 is 14.6 Å². The van der Waals surface area contributed by atoms with Crippen LogP contribution in [0.4, 0.5) is 0 Å². The van der Waals surface area contributed by atoms with Gasteiger partial charge in [0.25, 0.3) is 0 Å². The van der Waals surface area contributed by atoms with Gasteiger partial charge in [0.2, 0.25) is 0 Å². The third-order valence-electron chi connectivity index (χ3n) is 10.5. The second-order valence-electron chi connectivity index (χ2n) is 16.8. The fraction of sp³-hybridized carbons (Fsp3) is 0.524. The van der Waals surface area contributed by atoms with E-state index in [2.05, 4.69) is 184 Å². The zero-order valence-corrected chi connectivity index (χ0v) is 43.0. The Morgan fingerprint density at radius 1 is 0.338 bits per heavy atom. The molecule has 0 fully saturated rings.